The van der Waals surface area contributed by atoms with Gasteiger partial charge in [0.2, 0.25) is 0 Å². The molecule has 0 radical (unpaired) electrons. The van der Waals surface area contributed by atoms with E-state index >= 15 is 0 Å². The number of aliphatic hydroxyl groups is 1. The van der Waals surface area contributed by atoms with Crippen LogP contribution in [-0.2, 0) is 6.61 Å². The van der Waals surface area contributed by atoms with Gasteiger partial charge >= 0.3 is 0 Å². The predicted molar refractivity (Wildman–Crippen MR) is 70.0 cm³/mol. The number of aromatic nitrogens is 1. The molecule has 0 unspecified atom stereocenters. The van der Waals surface area contributed by atoms with Crippen molar-refractivity contribution in [2.45, 2.75) is 38.7 Å². The van der Waals surface area contributed by atoms with Crippen molar-refractivity contribution in [2.24, 2.45) is 5.92 Å². The highest BCUT2D eigenvalue weighted by Crippen LogP contribution is 2.25. The zero-order valence-electron chi connectivity index (χ0n) is 10.6. The molecule has 0 atom stereocenters. The van der Waals surface area contributed by atoms with Gasteiger partial charge in [0.25, 0.3) is 0 Å². The molecule has 3 nitrogen and oxygen atoms in total. The Morgan fingerprint density at radius 2 is 2.06 bits per heavy atom. The van der Waals surface area contributed by atoms with Crippen LogP contribution in [0.1, 0.15) is 37.7 Å². The van der Waals surface area contributed by atoms with Gasteiger partial charge in [-0.15, -0.1) is 0 Å². The summed E-state index contributed by atoms with van der Waals surface area (Å²) in [4.78, 5) is 6.61. The second-order valence-electron chi connectivity index (χ2n) is 5.07. The fraction of sp³-hybridized carbons (Fsp3) is 0.643. The fourth-order valence-electron chi connectivity index (χ4n) is 2.59. The summed E-state index contributed by atoms with van der Waals surface area (Å²) >= 11 is 0. The van der Waals surface area contributed by atoms with Crippen molar-refractivity contribution in [2.75, 3.05) is 18.5 Å². The molecule has 0 amide bonds. The highest BCUT2D eigenvalue weighted by atomic mass is 16.3. The van der Waals surface area contributed by atoms with Gasteiger partial charge in [-0.3, -0.25) is 0 Å². The summed E-state index contributed by atoms with van der Waals surface area (Å²) in [6, 6.07) is 3.94. The van der Waals surface area contributed by atoms with E-state index in [-0.39, 0.29) is 6.61 Å². The molecule has 1 heterocycles. The van der Waals surface area contributed by atoms with E-state index in [2.05, 4.69) is 16.9 Å². The Hall–Kier alpha value is -1.09. The van der Waals surface area contributed by atoms with Gasteiger partial charge in [-0.05, 0) is 30.4 Å². The van der Waals surface area contributed by atoms with Crippen LogP contribution in [0.25, 0.3) is 0 Å². The SMILES string of the molecule is CN(CC1CCCCC1)c1ccc(CO)cn1. The lowest BCUT2D eigenvalue weighted by Gasteiger charge is -2.27. The molecule has 1 saturated carbocycles. The Balaban J connectivity index is 1.91. The number of pyridine rings is 1. The van der Waals surface area contributed by atoms with Crippen LogP contribution in [0.4, 0.5) is 5.82 Å². The topological polar surface area (TPSA) is 36.4 Å². The van der Waals surface area contributed by atoms with Crippen LogP contribution in [0.3, 0.4) is 0 Å². The third-order valence-corrected chi connectivity index (χ3v) is 3.64. The van der Waals surface area contributed by atoms with Crippen LogP contribution in [0.15, 0.2) is 18.3 Å². The predicted octanol–water partition coefficient (Wildman–Crippen LogP) is 2.59. The lowest BCUT2D eigenvalue weighted by Crippen LogP contribution is -2.27. The summed E-state index contributed by atoms with van der Waals surface area (Å²) in [6.45, 7) is 1.17. The van der Waals surface area contributed by atoms with E-state index in [9.17, 15) is 0 Å². The fourth-order valence-corrected chi connectivity index (χ4v) is 2.59. The molecule has 1 aliphatic carbocycles. The third-order valence-electron chi connectivity index (χ3n) is 3.64. The number of aliphatic hydroxyl groups excluding tert-OH is 1. The van der Waals surface area contributed by atoms with E-state index in [0.29, 0.717) is 0 Å². The number of hydrogen-bond donors (Lipinski definition) is 1. The second-order valence-corrected chi connectivity index (χ2v) is 5.07. The minimum atomic E-state index is 0.0691. The first-order valence-corrected chi connectivity index (χ1v) is 6.56. The Morgan fingerprint density at radius 1 is 1.29 bits per heavy atom. The van der Waals surface area contributed by atoms with Crippen LogP contribution in [-0.4, -0.2) is 23.7 Å². The van der Waals surface area contributed by atoms with Gasteiger partial charge in [-0.1, -0.05) is 25.3 Å². The third kappa shape index (κ3) is 3.43. The normalized spacial score (nSPS) is 17.1. The first-order chi connectivity index (χ1) is 8.29. The lowest BCUT2D eigenvalue weighted by molar-refractivity contribution is 0.281. The van der Waals surface area contributed by atoms with E-state index in [0.717, 1.165) is 23.8 Å². The Bertz CT molecular complexity index is 331. The summed E-state index contributed by atoms with van der Waals surface area (Å²) in [5.41, 5.74) is 0.875. The molecule has 2 rings (SSSR count). The molecule has 0 spiro atoms. The second kappa shape index (κ2) is 6.01. The maximum atomic E-state index is 8.97. The van der Waals surface area contributed by atoms with Crippen molar-refractivity contribution in [3.05, 3.63) is 23.9 Å². The average molecular weight is 234 g/mol. The number of nitrogens with zero attached hydrogens (tertiary/aromatic N) is 2. The van der Waals surface area contributed by atoms with Crippen LogP contribution < -0.4 is 4.90 Å². The Kier molecular flexibility index (Phi) is 4.37. The average Bonchev–Trinajstić information content (AvgIpc) is 2.40. The quantitative estimate of drug-likeness (QED) is 0.870. The van der Waals surface area contributed by atoms with Crippen LogP contribution in [0.2, 0.25) is 0 Å². The largest absolute Gasteiger partial charge is 0.392 e. The molecule has 1 aromatic rings. The highest BCUT2D eigenvalue weighted by Gasteiger charge is 2.15. The van der Waals surface area contributed by atoms with Crippen molar-refractivity contribution in [3.8, 4) is 0 Å². The Morgan fingerprint density at radius 3 is 2.65 bits per heavy atom. The van der Waals surface area contributed by atoms with Gasteiger partial charge in [-0.25, -0.2) is 4.98 Å². The number of hydrogen-bond acceptors (Lipinski definition) is 3. The minimum Gasteiger partial charge on any atom is -0.392 e. The zero-order chi connectivity index (χ0) is 12.1. The van der Waals surface area contributed by atoms with Crippen molar-refractivity contribution in [1.82, 2.24) is 4.98 Å². The van der Waals surface area contributed by atoms with Crippen LogP contribution in [0, 0.1) is 5.92 Å². The van der Waals surface area contributed by atoms with Crippen molar-refractivity contribution in [3.63, 3.8) is 0 Å². The monoisotopic (exact) mass is 234 g/mol. The highest BCUT2D eigenvalue weighted by molar-refractivity contribution is 5.38. The molecule has 1 aliphatic rings. The standard InChI is InChI=1S/C14H22N2O/c1-16(10-12-5-3-2-4-6-12)14-8-7-13(11-17)9-15-14/h7-9,12,17H,2-6,10-11H2,1H3. The summed E-state index contributed by atoms with van der Waals surface area (Å²) in [5.74, 6) is 1.83. The summed E-state index contributed by atoms with van der Waals surface area (Å²) < 4.78 is 0. The summed E-state index contributed by atoms with van der Waals surface area (Å²) in [5, 5.41) is 8.97. The Labute approximate surface area is 103 Å². The van der Waals surface area contributed by atoms with E-state index in [1.54, 1.807) is 6.20 Å². The first-order valence-electron chi connectivity index (χ1n) is 6.56. The summed E-state index contributed by atoms with van der Waals surface area (Å²) in [7, 11) is 2.11. The van der Waals surface area contributed by atoms with E-state index < -0.39 is 0 Å². The molecule has 3 heteroatoms. The van der Waals surface area contributed by atoms with Crippen LogP contribution in [0.5, 0.6) is 0 Å². The van der Waals surface area contributed by atoms with Gasteiger partial charge in [0.1, 0.15) is 5.82 Å². The van der Waals surface area contributed by atoms with Gasteiger partial charge in [0.05, 0.1) is 6.61 Å². The molecule has 0 saturated heterocycles. The molecular formula is C14H22N2O. The number of anilines is 1. The van der Waals surface area contributed by atoms with E-state index in [1.807, 2.05) is 12.1 Å². The van der Waals surface area contributed by atoms with Crippen molar-refractivity contribution < 1.29 is 5.11 Å². The lowest BCUT2D eigenvalue weighted by atomic mass is 9.89. The first kappa shape index (κ1) is 12.4. The van der Waals surface area contributed by atoms with Gasteiger partial charge in [0.15, 0.2) is 0 Å². The summed E-state index contributed by atoms with van der Waals surface area (Å²) in [6.07, 6.45) is 8.65. The van der Waals surface area contributed by atoms with Gasteiger partial charge in [0, 0.05) is 19.8 Å². The molecule has 0 bridgehead atoms. The molecule has 94 valence electrons. The number of rotatable bonds is 4. The molecule has 0 aliphatic heterocycles. The van der Waals surface area contributed by atoms with Gasteiger partial charge < -0.3 is 10.0 Å². The molecule has 17 heavy (non-hydrogen) atoms. The maximum Gasteiger partial charge on any atom is 0.128 e. The van der Waals surface area contributed by atoms with E-state index in [4.69, 9.17) is 5.11 Å². The minimum absolute atomic E-state index is 0.0691. The maximum absolute atomic E-state index is 8.97. The molecular weight excluding hydrogens is 212 g/mol. The zero-order valence-corrected chi connectivity index (χ0v) is 10.6. The van der Waals surface area contributed by atoms with Crippen molar-refractivity contribution >= 4 is 5.82 Å². The molecule has 1 aromatic heterocycles. The smallest absolute Gasteiger partial charge is 0.128 e. The molecule has 1 N–H and O–H groups in total. The molecule has 1 fully saturated rings. The van der Waals surface area contributed by atoms with Crippen LogP contribution >= 0.6 is 0 Å². The molecule has 0 aromatic carbocycles. The van der Waals surface area contributed by atoms with Crippen molar-refractivity contribution in [1.29, 1.82) is 0 Å². The van der Waals surface area contributed by atoms with E-state index in [1.165, 1.54) is 32.1 Å². The van der Waals surface area contributed by atoms with Gasteiger partial charge in [-0.2, -0.15) is 0 Å².